The van der Waals surface area contributed by atoms with E-state index in [4.69, 9.17) is 4.42 Å². The van der Waals surface area contributed by atoms with Crippen LogP contribution in [-0.4, -0.2) is 20.0 Å². The number of nitrogens with zero attached hydrogens (tertiary/aromatic N) is 3. The molecule has 1 amide bonds. The molecular formula is C20H20N4O3. The summed E-state index contributed by atoms with van der Waals surface area (Å²) in [5.74, 6) is 0.0277. The van der Waals surface area contributed by atoms with Gasteiger partial charge in [0.05, 0.1) is 16.6 Å². The highest BCUT2D eigenvalue weighted by Crippen LogP contribution is 2.19. The van der Waals surface area contributed by atoms with Gasteiger partial charge in [-0.1, -0.05) is 24.3 Å². The molecule has 0 bridgehead atoms. The minimum atomic E-state index is -0.399. The van der Waals surface area contributed by atoms with Crippen molar-refractivity contribution in [2.24, 2.45) is 0 Å². The van der Waals surface area contributed by atoms with E-state index >= 15 is 0 Å². The zero-order valence-electron chi connectivity index (χ0n) is 15.0. The fourth-order valence-corrected chi connectivity index (χ4v) is 3.30. The maximum Gasteiger partial charge on any atom is 0.419 e. The number of anilines is 1. The summed E-state index contributed by atoms with van der Waals surface area (Å²) < 4.78 is 8.74. The maximum atomic E-state index is 12.4. The first-order valence-corrected chi connectivity index (χ1v) is 9.01. The highest BCUT2D eigenvalue weighted by molar-refractivity contribution is 5.91. The van der Waals surface area contributed by atoms with Crippen LogP contribution in [0.4, 0.5) is 5.95 Å². The van der Waals surface area contributed by atoms with Crippen molar-refractivity contribution in [3.05, 3.63) is 59.1 Å². The van der Waals surface area contributed by atoms with Gasteiger partial charge in [0.25, 0.3) is 0 Å². The highest BCUT2D eigenvalue weighted by atomic mass is 16.4. The molecule has 0 atom stereocenters. The number of aryl methyl sites for hydroxylation is 2. The minimum Gasteiger partial charge on any atom is -0.408 e. The van der Waals surface area contributed by atoms with E-state index in [1.165, 1.54) is 0 Å². The average Bonchev–Trinajstić information content (AvgIpc) is 3.18. The van der Waals surface area contributed by atoms with Gasteiger partial charge < -0.3 is 8.98 Å². The molecule has 0 aliphatic heterocycles. The molecule has 0 aliphatic carbocycles. The number of rotatable bonds is 6. The van der Waals surface area contributed by atoms with Gasteiger partial charge >= 0.3 is 5.76 Å². The molecule has 27 heavy (non-hydrogen) atoms. The minimum absolute atomic E-state index is 0.124. The normalized spacial score (nSPS) is 11.3. The van der Waals surface area contributed by atoms with Crippen molar-refractivity contribution in [1.29, 1.82) is 0 Å². The Balaban J connectivity index is 1.43. The molecule has 138 valence electrons. The van der Waals surface area contributed by atoms with Crippen LogP contribution in [-0.2, 0) is 17.9 Å². The first-order valence-electron chi connectivity index (χ1n) is 9.01. The first-order chi connectivity index (χ1) is 13.2. The predicted octanol–water partition coefficient (Wildman–Crippen LogP) is 3.38. The van der Waals surface area contributed by atoms with Crippen LogP contribution in [0.2, 0.25) is 0 Å². The number of carbonyl (C=O) groups is 1. The van der Waals surface area contributed by atoms with Crippen LogP contribution in [0.15, 0.2) is 57.7 Å². The molecule has 7 heteroatoms. The summed E-state index contributed by atoms with van der Waals surface area (Å²) in [4.78, 5) is 28.8. The standard InChI is InChI=1S/C20H20N4O3/c1-2-23-15-9-4-3-8-14(15)21-19(23)22-18(25)12-7-13-24-16-10-5-6-11-17(16)27-20(24)26/h3-6,8-11H,2,7,12-13H2,1H3,(H,21,22,25). The molecule has 1 N–H and O–H groups in total. The van der Waals surface area contributed by atoms with Gasteiger partial charge in [-0.25, -0.2) is 9.78 Å². The number of fused-ring (bicyclic) bond motifs is 2. The fourth-order valence-electron chi connectivity index (χ4n) is 3.30. The lowest BCUT2D eigenvalue weighted by atomic mass is 10.2. The third-order valence-electron chi connectivity index (χ3n) is 4.58. The second kappa shape index (κ2) is 7.11. The second-order valence-electron chi connectivity index (χ2n) is 6.31. The molecule has 0 saturated heterocycles. The van der Waals surface area contributed by atoms with E-state index in [2.05, 4.69) is 10.3 Å². The summed E-state index contributed by atoms with van der Waals surface area (Å²) in [6, 6.07) is 15.1. The predicted molar refractivity (Wildman–Crippen MR) is 104 cm³/mol. The maximum absolute atomic E-state index is 12.4. The van der Waals surface area contributed by atoms with Crippen molar-refractivity contribution in [3.8, 4) is 0 Å². The SMILES string of the molecule is CCn1c(NC(=O)CCCn2c(=O)oc3ccccc32)nc2ccccc21. The third kappa shape index (κ3) is 3.23. The Morgan fingerprint density at radius 2 is 1.81 bits per heavy atom. The zero-order valence-corrected chi connectivity index (χ0v) is 15.0. The smallest absolute Gasteiger partial charge is 0.408 e. The van der Waals surface area contributed by atoms with Gasteiger partial charge in [-0.05, 0) is 37.6 Å². The molecule has 0 unspecified atom stereocenters. The number of benzene rings is 2. The molecule has 2 aromatic carbocycles. The molecule has 0 radical (unpaired) electrons. The molecule has 0 saturated carbocycles. The number of oxazole rings is 1. The molecule has 2 aromatic heterocycles. The summed E-state index contributed by atoms with van der Waals surface area (Å²) in [6.07, 6.45) is 0.820. The van der Waals surface area contributed by atoms with E-state index in [0.717, 1.165) is 16.6 Å². The molecular weight excluding hydrogens is 344 g/mol. The van der Waals surface area contributed by atoms with Gasteiger partial charge in [-0.2, -0.15) is 0 Å². The van der Waals surface area contributed by atoms with Crippen molar-refractivity contribution >= 4 is 34.0 Å². The summed E-state index contributed by atoms with van der Waals surface area (Å²) in [7, 11) is 0. The lowest BCUT2D eigenvalue weighted by Gasteiger charge is -2.08. The largest absolute Gasteiger partial charge is 0.419 e. The monoisotopic (exact) mass is 364 g/mol. The molecule has 0 aliphatic rings. The molecule has 0 spiro atoms. The van der Waals surface area contributed by atoms with Gasteiger partial charge in [0.2, 0.25) is 11.9 Å². The molecule has 7 nitrogen and oxygen atoms in total. The van der Waals surface area contributed by atoms with E-state index in [0.29, 0.717) is 37.5 Å². The van der Waals surface area contributed by atoms with Crippen LogP contribution in [0, 0.1) is 0 Å². The fraction of sp³-hybridized carbons (Fsp3) is 0.250. The Morgan fingerprint density at radius 1 is 1.07 bits per heavy atom. The van der Waals surface area contributed by atoms with Crippen molar-refractivity contribution in [1.82, 2.24) is 14.1 Å². The average molecular weight is 364 g/mol. The van der Waals surface area contributed by atoms with Crippen LogP contribution in [0.3, 0.4) is 0 Å². The summed E-state index contributed by atoms with van der Waals surface area (Å²) >= 11 is 0. The number of para-hydroxylation sites is 4. The van der Waals surface area contributed by atoms with E-state index in [1.54, 1.807) is 10.6 Å². The van der Waals surface area contributed by atoms with Crippen LogP contribution in [0.25, 0.3) is 22.1 Å². The van der Waals surface area contributed by atoms with E-state index in [-0.39, 0.29) is 5.91 Å². The van der Waals surface area contributed by atoms with Crippen LogP contribution in [0.5, 0.6) is 0 Å². The first kappa shape index (κ1) is 17.1. The number of aromatic nitrogens is 3. The Morgan fingerprint density at radius 3 is 2.63 bits per heavy atom. The summed E-state index contributed by atoms with van der Waals surface area (Å²) in [5.41, 5.74) is 3.15. The summed E-state index contributed by atoms with van der Waals surface area (Å²) in [5, 5.41) is 2.88. The number of imidazole rings is 1. The molecule has 4 aromatic rings. The van der Waals surface area contributed by atoms with Crippen LogP contribution in [0.1, 0.15) is 19.8 Å². The number of amides is 1. The Labute approximate surface area is 155 Å². The molecule has 2 heterocycles. The van der Waals surface area contributed by atoms with Crippen LogP contribution < -0.4 is 11.1 Å². The van der Waals surface area contributed by atoms with Gasteiger partial charge in [-0.3, -0.25) is 14.7 Å². The Hall–Kier alpha value is -3.35. The highest BCUT2D eigenvalue weighted by Gasteiger charge is 2.13. The zero-order chi connectivity index (χ0) is 18.8. The number of carbonyl (C=O) groups excluding carboxylic acids is 1. The van der Waals surface area contributed by atoms with E-state index < -0.39 is 5.76 Å². The lowest BCUT2D eigenvalue weighted by Crippen LogP contribution is -2.18. The quantitative estimate of drug-likeness (QED) is 0.569. The van der Waals surface area contributed by atoms with Gasteiger partial charge in [-0.15, -0.1) is 0 Å². The molecule has 0 fully saturated rings. The molecule has 4 rings (SSSR count). The van der Waals surface area contributed by atoms with Crippen molar-refractivity contribution in [3.63, 3.8) is 0 Å². The van der Waals surface area contributed by atoms with Gasteiger partial charge in [0.15, 0.2) is 5.58 Å². The van der Waals surface area contributed by atoms with Gasteiger partial charge in [0.1, 0.15) is 0 Å². The second-order valence-corrected chi connectivity index (χ2v) is 6.31. The number of nitrogens with one attached hydrogen (secondary N) is 1. The number of hydrogen-bond acceptors (Lipinski definition) is 4. The Bertz CT molecular complexity index is 1170. The van der Waals surface area contributed by atoms with E-state index in [9.17, 15) is 9.59 Å². The van der Waals surface area contributed by atoms with Crippen molar-refractivity contribution in [2.75, 3.05) is 5.32 Å². The van der Waals surface area contributed by atoms with Gasteiger partial charge in [0, 0.05) is 19.5 Å². The van der Waals surface area contributed by atoms with Crippen LogP contribution >= 0.6 is 0 Å². The third-order valence-corrected chi connectivity index (χ3v) is 4.58. The Kier molecular flexibility index (Phi) is 4.50. The topological polar surface area (TPSA) is 82.1 Å². The summed E-state index contributed by atoms with van der Waals surface area (Å²) in [6.45, 7) is 3.15. The van der Waals surface area contributed by atoms with Crippen molar-refractivity contribution in [2.45, 2.75) is 32.9 Å². The number of hydrogen-bond donors (Lipinski definition) is 1. The van der Waals surface area contributed by atoms with Crippen molar-refractivity contribution < 1.29 is 9.21 Å². The van der Waals surface area contributed by atoms with E-state index in [1.807, 2.05) is 54.0 Å². The lowest BCUT2D eigenvalue weighted by molar-refractivity contribution is -0.116.